The molecule has 0 fully saturated rings. The molecule has 0 spiro atoms. The van der Waals surface area contributed by atoms with Crippen LogP contribution in [0.25, 0.3) is 11.3 Å². The zero-order valence-electron chi connectivity index (χ0n) is 12.5. The molecule has 0 unspecified atom stereocenters. The van der Waals surface area contributed by atoms with Crippen molar-refractivity contribution in [3.8, 4) is 11.3 Å². The first kappa shape index (κ1) is 16.1. The quantitative estimate of drug-likeness (QED) is 0.749. The summed E-state index contributed by atoms with van der Waals surface area (Å²) in [6, 6.07) is 14.0. The van der Waals surface area contributed by atoms with Crippen LogP contribution in [0.3, 0.4) is 0 Å². The fraction of sp³-hybridized carbons (Fsp3) is 0.0588. The number of halogens is 1. The molecule has 0 saturated carbocycles. The number of rotatable bonds is 4. The minimum atomic E-state index is -0.333. The molecule has 0 atom stereocenters. The molecule has 0 saturated heterocycles. The summed E-state index contributed by atoms with van der Waals surface area (Å²) in [6.07, 6.45) is 3.16. The molecule has 6 nitrogen and oxygen atoms in total. The SMILES string of the molecule is O=C(Cn1nc(-c2ccc(Br)cc2)ccc1=O)Nc1ccncc1. The first-order chi connectivity index (χ1) is 11.6. The van der Waals surface area contributed by atoms with E-state index in [-0.39, 0.29) is 18.0 Å². The average Bonchev–Trinajstić information content (AvgIpc) is 2.58. The summed E-state index contributed by atoms with van der Waals surface area (Å²) in [5, 5.41) is 6.97. The van der Waals surface area contributed by atoms with Crippen LogP contribution in [0.1, 0.15) is 0 Å². The van der Waals surface area contributed by atoms with Crippen molar-refractivity contribution in [2.75, 3.05) is 5.32 Å². The Labute approximate surface area is 146 Å². The van der Waals surface area contributed by atoms with Gasteiger partial charge in [0.05, 0.1) is 5.69 Å². The maximum atomic E-state index is 12.1. The summed E-state index contributed by atoms with van der Waals surface area (Å²) < 4.78 is 2.10. The van der Waals surface area contributed by atoms with Crippen molar-refractivity contribution in [1.82, 2.24) is 14.8 Å². The third-order valence-electron chi connectivity index (χ3n) is 3.26. The Bertz CT molecular complexity index is 908. The fourth-order valence-electron chi connectivity index (χ4n) is 2.11. The molecule has 7 heteroatoms. The monoisotopic (exact) mass is 384 g/mol. The summed E-state index contributed by atoms with van der Waals surface area (Å²) in [4.78, 5) is 27.9. The highest BCUT2D eigenvalue weighted by molar-refractivity contribution is 9.10. The molecular formula is C17H13BrN4O2. The molecule has 0 aliphatic carbocycles. The Kier molecular flexibility index (Phi) is 4.81. The van der Waals surface area contributed by atoms with Gasteiger partial charge in [0, 0.05) is 34.2 Å². The topological polar surface area (TPSA) is 76.9 Å². The van der Waals surface area contributed by atoms with Gasteiger partial charge in [-0.2, -0.15) is 5.10 Å². The Hall–Kier alpha value is -2.80. The Balaban J connectivity index is 1.80. The van der Waals surface area contributed by atoms with Crippen molar-refractivity contribution < 1.29 is 4.79 Å². The predicted octanol–water partition coefficient (Wildman–Crippen LogP) is 2.71. The molecular weight excluding hydrogens is 372 g/mol. The molecule has 120 valence electrons. The van der Waals surface area contributed by atoms with Crippen molar-refractivity contribution in [1.29, 1.82) is 0 Å². The lowest BCUT2D eigenvalue weighted by atomic mass is 10.1. The number of hydrogen-bond acceptors (Lipinski definition) is 4. The number of benzene rings is 1. The van der Waals surface area contributed by atoms with E-state index in [0.717, 1.165) is 14.7 Å². The molecule has 0 aliphatic rings. The molecule has 1 aromatic carbocycles. The van der Waals surface area contributed by atoms with E-state index in [2.05, 4.69) is 31.3 Å². The van der Waals surface area contributed by atoms with Gasteiger partial charge >= 0.3 is 0 Å². The van der Waals surface area contributed by atoms with Gasteiger partial charge in [0.25, 0.3) is 5.56 Å². The predicted molar refractivity (Wildman–Crippen MR) is 94.5 cm³/mol. The third kappa shape index (κ3) is 3.94. The summed E-state index contributed by atoms with van der Waals surface area (Å²) in [7, 11) is 0. The van der Waals surface area contributed by atoms with Crippen LogP contribution in [-0.2, 0) is 11.3 Å². The first-order valence-corrected chi connectivity index (χ1v) is 7.95. The lowest BCUT2D eigenvalue weighted by molar-refractivity contribution is -0.117. The number of carbonyl (C=O) groups excluding carboxylic acids is 1. The summed E-state index contributed by atoms with van der Waals surface area (Å²) in [6.45, 7) is -0.161. The molecule has 0 bridgehead atoms. The van der Waals surface area contributed by atoms with Gasteiger partial charge < -0.3 is 5.32 Å². The first-order valence-electron chi connectivity index (χ1n) is 7.16. The Morgan fingerprint density at radius 1 is 1.04 bits per heavy atom. The molecule has 24 heavy (non-hydrogen) atoms. The van der Waals surface area contributed by atoms with Crippen LogP contribution in [0.2, 0.25) is 0 Å². The van der Waals surface area contributed by atoms with E-state index in [0.29, 0.717) is 11.4 Å². The van der Waals surface area contributed by atoms with Gasteiger partial charge in [-0.3, -0.25) is 14.6 Å². The normalized spacial score (nSPS) is 10.4. The number of carbonyl (C=O) groups is 1. The van der Waals surface area contributed by atoms with Crippen molar-refractivity contribution in [3.63, 3.8) is 0 Å². The van der Waals surface area contributed by atoms with E-state index >= 15 is 0 Å². The largest absolute Gasteiger partial charge is 0.324 e. The van der Waals surface area contributed by atoms with E-state index in [9.17, 15) is 9.59 Å². The van der Waals surface area contributed by atoms with Gasteiger partial charge in [-0.05, 0) is 30.3 Å². The molecule has 1 amide bonds. The highest BCUT2D eigenvalue weighted by Gasteiger charge is 2.08. The summed E-state index contributed by atoms with van der Waals surface area (Å²) >= 11 is 3.38. The standard InChI is InChI=1S/C17H13BrN4O2/c18-13-3-1-12(2-4-13)15-5-6-17(24)22(21-15)11-16(23)20-14-7-9-19-10-8-14/h1-10H,11H2,(H,19,20,23). The van der Waals surface area contributed by atoms with Crippen LogP contribution in [0.15, 0.2) is 70.2 Å². The summed E-state index contributed by atoms with van der Waals surface area (Å²) in [5.41, 5.74) is 1.77. The zero-order valence-corrected chi connectivity index (χ0v) is 14.1. The minimum absolute atomic E-state index is 0.161. The molecule has 2 aromatic heterocycles. The number of aromatic nitrogens is 3. The van der Waals surface area contributed by atoms with Crippen LogP contribution in [0.4, 0.5) is 5.69 Å². The lowest BCUT2D eigenvalue weighted by Crippen LogP contribution is -2.29. The average molecular weight is 385 g/mol. The van der Waals surface area contributed by atoms with E-state index in [4.69, 9.17) is 0 Å². The number of amides is 1. The number of nitrogens with zero attached hydrogens (tertiary/aromatic N) is 3. The number of pyridine rings is 1. The van der Waals surface area contributed by atoms with Crippen LogP contribution in [-0.4, -0.2) is 20.7 Å². The van der Waals surface area contributed by atoms with Crippen molar-refractivity contribution >= 4 is 27.5 Å². The molecule has 2 heterocycles. The molecule has 3 aromatic rings. The lowest BCUT2D eigenvalue weighted by Gasteiger charge is -2.08. The van der Waals surface area contributed by atoms with Crippen molar-refractivity contribution in [2.24, 2.45) is 0 Å². The molecule has 1 N–H and O–H groups in total. The molecule has 0 radical (unpaired) electrons. The number of hydrogen-bond donors (Lipinski definition) is 1. The zero-order chi connectivity index (χ0) is 16.9. The highest BCUT2D eigenvalue weighted by atomic mass is 79.9. The highest BCUT2D eigenvalue weighted by Crippen LogP contribution is 2.18. The van der Waals surface area contributed by atoms with Crippen molar-refractivity contribution in [3.05, 3.63) is 75.8 Å². The summed E-state index contributed by atoms with van der Waals surface area (Å²) in [5.74, 6) is -0.330. The number of anilines is 1. The second-order valence-electron chi connectivity index (χ2n) is 5.01. The molecule has 3 rings (SSSR count). The maximum Gasteiger partial charge on any atom is 0.267 e. The van der Waals surface area contributed by atoms with Gasteiger partial charge in [0.1, 0.15) is 6.54 Å². The van der Waals surface area contributed by atoms with Gasteiger partial charge in [0.15, 0.2) is 0 Å². The maximum absolute atomic E-state index is 12.1. The minimum Gasteiger partial charge on any atom is -0.324 e. The van der Waals surface area contributed by atoms with Crippen LogP contribution >= 0.6 is 15.9 Å². The van der Waals surface area contributed by atoms with Gasteiger partial charge in [-0.25, -0.2) is 4.68 Å². The van der Waals surface area contributed by atoms with Gasteiger partial charge in [-0.1, -0.05) is 28.1 Å². The van der Waals surface area contributed by atoms with Crippen LogP contribution in [0, 0.1) is 0 Å². The number of nitrogens with one attached hydrogen (secondary N) is 1. The van der Waals surface area contributed by atoms with E-state index < -0.39 is 0 Å². The van der Waals surface area contributed by atoms with Crippen LogP contribution in [0.5, 0.6) is 0 Å². The second-order valence-corrected chi connectivity index (χ2v) is 5.92. The van der Waals surface area contributed by atoms with E-state index in [1.807, 2.05) is 24.3 Å². The van der Waals surface area contributed by atoms with Crippen molar-refractivity contribution in [2.45, 2.75) is 6.54 Å². The van der Waals surface area contributed by atoms with E-state index in [1.165, 1.54) is 6.07 Å². The Morgan fingerprint density at radius 3 is 2.46 bits per heavy atom. The fourth-order valence-corrected chi connectivity index (χ4v) is 2.37. The second kappa shape index (κ2) is 7.18. The Morgan fingerprint density at radius 2 is 1.75 bits per heavy atom. The smallest absolute Gasteiger partial charge is 0.267 e. The van der Waals surface area contributed by atoms with Gasteiger partial charge in [0.2, 0.25) is 5.91 Å². The van der Waals surface area contributed by atoms with Gasteiger partial charge in [-0.15, -0.1) is 0 Å². The van der Waals surface area contributed by atoms with Crippen LogP contribution < -0.4 is 10.9 Å². The van der Waals surface area contributed by atoms with E-state index in [1.54, 1.807) is 30.6 Å². The molecule has 0 aliphatic heterocycles. The third-order valence-corrected chi connectivity index (χ3v) is 3.79.